The number of hydrogen-bond acceptors (Lipinski definition) is 14. The molecule has 3 atom stereocenters. The highest BCUT2D eigenvalue weighted by Gasteiger charge is 2.27. The summed E-state index contributed by atoms with van der Waals surface area (Å²) in [5, 5.41) is 33.0. The SMILES string of the molecule is CCCN(CCCl)c1ccc(CC(CC(=O)OCc2cc(COC(=O)CC(Cc3ccc(N(CCCl)CCCl)cc3)C(=O)O)c(CC(=O)OC(C)C)c(COC(=O)NC(Cc3ccc(N(CCCl)CCCl)cc3)C(=O)O)c2)C(=O)O)cc1. The highest BCUT2D eigenvalue weighted by molar-refractivity contribution is 6.19. The van der Waals surface area contributed by atoms with Crippen molar-refractivity contribution in [1.29, 1.82) is 0 Å². The van der Waals surface area contributed by atoms with Crippen LogP contribution in [0.25, 0.3) is 0 Å². The second-order valence-corrected chi connectivity index (χ2v) is 21.4. The molecule has 0 aliphatic heterocycles. The van der Waals surface area contributed by atoms with E-state index in [4.69, 9.17) is 77.0 Å². The van der Waals surface area contributed by atoms with Crippen LogP contribution in [-0.4, -0.2) is 138 Å². The van der Waals surface area contributed by atoms with Crippen LogP contribution in [-0.2, 0) is 93.2 Å². The maximum atomic E-state index is 13.6. The fourth-order valence-corrected chi connectivity index (χ4v) is 9.99. The summed E-state index contributed by atoms with van der Waals surface area (Å²) in [4.78, 5) is 97.5. The maximum Gasteiger partial charge on any atom is 0.408 e. The Morgan fingerprint density at radius 1 is 0.488 bits per heavy atom. The van der Waals surface area contributed by atoms with Crippen LogP contribution in [0.1, 0.15) is 79.0 Å². The van der Waals surface area contributed by atoms with E-state index in [0.29, 0.717) is 78.8 Å². The lowest BCUT2D eigenvalue weighted by atomic mass is 9.95. The lowest BCUT2D eigenvalue weighted by Crippen LogP contribution is -2.42. The molecule has 4 aromatic carbocycles. The molecule has 0 aromatic heterocycles. The Morgan fingerprint density at radius 3 is 1.23 bits per heavy atom. The molecule has 0 saturated heterocycles. The van der Waals surface area contributed by atoms with Crippen LogP contribution in [0.3, 0.4) is 0 Å². The van der Waals surface area contributed by atoms with Crippen LogP contribution < -0.4 is 20.0 Å². The largest absolute Gasteiger partial charge is 0.481 e. The fourth-order valence-electron chi connectivity index (χ4n) is 8.97. The summed E-state index contributed by atoms with van der Waals surface area (Å²) in [6.45, 7) is 7.31. The number of carbonyl (C=O) groups excluding carboxylic acids is 4. The fraction of sp³-hybridized carbons (Fsp3) is 0.475. The molecule has 4 aromatic rings. The predicted octanol–water partition coefficient (Wildman–Crippen LogP) is 9.88. The number of alkyl carbamates (subject to hydrolysis) is 1. The van der Waals surface area contributed by atoms with Gasteiger partial charge in [0, 0.05) is 92.2 Å². The Labute approximate surface area is 504 Å². The highest BCUT2D eigenvalue weighted by Crippen LogP contribution is 2.26. The Hall–Kier alpha value is -6.18. The number of amides is 1. The van der Waals surface area contributed by atoms with Crippen LogP contribution >= 0.6 is 58.0 Å². The van der Waals surface area contributed by atoms with Gasteiger partial charge in [-0.15, -0.1) is 58.0 Å². The summed E-state index contributed by atoms with van der Waals surface area (Å²) >= 11 is 29.9. The summed E-state index contributed by atoms with van der Waals surface area (Å²) in [7, 11) is 0. The number of benzene rings is 4. The van der Waals surface area contributed by atoms with Gasteiger partial charge in [-0.1, -0.05) is 43.3 Å². The van der Waals surface area contributed by atoms with Gasteiger partial charge >= 0.3 is 41.9 Å². The second kappa shape index (κ2) is 36.4. The quantitative estimate of drug-likeness (QED) is 0.0185. The number of aliphatic carboxylic acids is 3. The zero-order valence-corrected chi connectivity index (χ0v) is 50.1. The van der Waals surface area contributed by atoms with Crippen molar-refractivity contribution in [2.24, 2.45) is 11.8 Å². The van der Waals surface area contributed by atoms with Crippen molar-refractivity contribution in [3.63, 3.8) is 0 Å². The molecule has 1 amide bonds. The van der Waals surface area contributed by atoms with Gasteiger partial charge in [-0.05, 0) is 121 Å². The third-order valence-corrected chi connectivity index (χ3v) is 13.9. The van der Waals surface area contributed by atoms with Gasteiger partial charge < -0.3 is 54.3 Å². The molecular formula is C59H73Cl5N4O14. The van der Waals surface area contributed by atoms with Crippen molar-refractivity contribution in [2.45, 2.75) is 97.7 Å². The van der Waals surface area contributed by atoms with Gasteiger partial charge in [-0.2, -0.15) is 0 Å². The van der Waals surface area contributed by atoms with Crippen LogP contribution in [0.15, 0.2) is 84.9 Å². The Kier molecular flexibility index (Phi) is 30.3. The first-order valence-electron chi connectivity index (χ1n) is 26.9. The monoisotopic (exact) mass is 1240 g/mol. The number of esters is 3. The number of alkyl halides is 5. The molecule has 0 bridgehead atoms. The van der Waals surface area contributed by atoms with Crippen molar-refractivity contribution in [2.75, 3.05) is 83.4 Å². The van der Waals surface area contributed by atoms with E-state index in [1.165, 1.54) is 12.1 Å². The van der Waals surface area contributed by atoms with Gasteiger partial charge in [0.25, 0.3) is 0 Å². The number of anilines is 3. The highest BCUT2D eigenvalue weighted by atomic mass is 35.5. The van der Waals surface area contributed by atoms with E-state index in [1.54, 1.807) is 62.4 Å². The number of ether oxygens (including phenoxy) is 4. The zero-order chi connectivity index (χ0) is 60.1. The summed E-state index contributed by atoms with van der Waals surface area (Å²) in [5.41, 5.74) is 5.21. The molecule has 4 rings (SSSR count). The smallest absolute Gasteiger partial charge is 0.408 e. The molecule has 0 fully saturated rings. The van der Waals surface area contributed by atoms with Crippen molar-refractivity contribution in [3.8, 4) is 0 Å². The van der Waals surface area contributed by atoms with E-state index in [2.05, 4.69) is 17.1 Å². The number of halogens is 5. The molecule has 0 aliphatic rings. The number of rotatable bonds is 38. The third kappa shape index (κ3) is 23.6. The molecule has 18 nitrogen and oxygen atoms in total. The molecule has 448 valence electrons. The minimum Gasteiger partial charge on any atom is -0.481 e. The first-order chi connectivity index (χ1) is 39.3. The van der Waals surface area contributed by atoms with Gasteiger partial charge in [0.15, 0.2) is 0 Å². The van der Waals surface area contributed by atoms with Gasteiger partial charge in [0.1, 0.15) is 25.9 Å². The van der Waals surface area contributed by atoms with Gasteiger partial charge in [0.05, 0.1) is 37.2 Å². The third-order valence-electron chi connectivity index (χ3n) is 13.0. The molecule has 0 saturated carbocycles. The number of carbonyl (C=O) groups is 7. The van der Waals surface area contributed by atoms with Crippen molar-refractivity contribution in [3.05, 3.63) is 124 Å². The number of carboxylic acid groups (broad SMARTS) is 3. The molecule has 0 heterocycles. The number of nitrogens with zero attached hydrogens (tertiary/aromatic N) is 3. The topological polar surface area (TPSA) is 239 Å². The molecule has 82 heavy (non-hydrogen) atoms. The van der Waals surface area contributed by atoms with Crippen LogP contribution in [0, 0.1) is 11.8 Å². The first-order valence-corrected chi connectivity index (χ1v) is 29.6. The minimum absolute atomic E-state index is 0.0177. The van der Waals surface area contributed by atoms with Crippen LogP contribution in [0.5, 0.6) is 0 Å². The average molecular weight is 1240 g/mol. The summed E-state index contributed by atoms with van der Waals surface area (Å²) in [6.07, 6.45) is -2.42. The molecule has 0 spiro atoms. The van der Waals surface area contributed by atoms with Crippen LogP contribution in [0.2, 0.25) is 0 Å². The van der Waals surface area contributed by atoms with E-state index in [-0.39, 0.29) is 41.5 Å². The van der Waals surface area contributed by atoms with Crippen molar-refractivity contribution in [1.82, 2.24) is 5.32 Å². The number of nitrogens with one attached hydrogen (secondary N) is 1. The summed E-state index contributed by atoms with van der Waals surface area (Å²) < 4.78 is 22.4. The van der Waals surface area contributed by atoms with Gasteiger partial charge in [0.2, 0.25) is 0 Å². The van der Waals surface area contributed by atoms with E-state index < -0.39 is 105 Å². The first kappa shape index (κ1) is 68.3. The lowest BCUT2D eigenvalue weighted by Gasteiger charge is -2.23. The summed E-state index contributed by atoms with van der Waals surface area (Å²) in [5.74, 6) is -6.77. The summed E-state index contributed by atoms with van der Waals surface area (Å²) in [6, 6.07) is 23.0. The molecule has 3 unspecified atom stereocenters. The Bertz CT molecular complexity index is 2550. The minimum atomic E-state index is -1.45. The molecule has 0 aliphatic carbocycles. The van der Waals surface area contributed by atoms with Gasteiger partial charge in [-0.25, -0.2) is 9.59 Å². The maximum absolute atomic E-state index is 13.6. The van der Waals surface area contributed by atoms with Crippen LogP contribution in [0.4, 0.5) is 21.9 Å². The number of hydrogen-bond donors (Lipinski definition) is 4. The van der Waals surface area contributed by atoms with Crippen molar-refractivity contribution >= 4 is 117 Å². The molecule has 0 radical (unpaired) electrons. The standard InChI is InChI=1S/C59H73Cl5N4O14/c1-4-22-66(23-17-60)48-11-5-40(6-12-48)28-44(56(72)73)33-53(69)79-36-43-30-46(37-80-54(70)34-45(57(74)75)29-41-7-13-49(14-8-41)67(24-18-61)25-19-62)51(35-55(71)82-39(2)3)47(31-43)38-81-59(78)65-52(58(76)77)32-42-9-15-50(16-10-42)68(26-20-63)27-21-64/h5-16,30-31,39,44-45,52H,4,17-29,32-38H2,1-3H3,(H,65,78)(H,72,73)(H,74,75)(H,76,77). The second-order valence-electron chi connectivity index (χ2n) is 19.5. The Balaban J connectivity index is 1.62. The lowest BCUT2D eigenvalue weighted by molar-refractivity contribution is -0.152. The predicted molar refractivity (Wildman–Crippen MR) is 318 cm³/mol. The average Bonchev–Trinajstić information content (AvgIpc) is 3.49. The molecule has 4 N–H and O–H groups in total. The number of carboxylic acids is 3. The van der Waals surface area contributed by atoms with E-state index >= 15 is 0 Å². The van der Waals surface area contributed by atoms with E-state index in [0.717, 1.165) is 30.0 Å². The molecule has 23 heteroatoms. The zero-order valence-electron chi connectivity index (χ0n) is 46.3. The van der Waals surface area contributed by atoms with E-state index in [1.807, 2.05) is 34.1 Å². The normalized spacial score (nSPS) is 12.2. The Morgan fingerprint density at radius 2 is 0.866 bits per heavy atom. The van der Waals surface area contributed by atoms with Crippen molar-refractivity contribution < 1.29 is 67.8 Å². The van der Waals surface area contributed by atoms with E-state index in [9.17, 15) is 48.9 Å². The van der Waals surface area contributed by atoms with Gasteiger partial charge in [-0.3, -0.25) is 24.0 Å². The molecular weight excluding hydrogens is 1170 g/mol.